The summed E-state index contributed by atoms with van der Waals surface area (Å²) in [7, 11) is -3.90. The van der Waals surface area contributed by atoms with Crippen LogP contribution >= 0.6 is 11.8 Å². The van der Waals surface area contributed by atoms with Crippen molar-refractivity contribution >= 4 is 38.6 Å². The van der Waals surface area contributed by atoms with Gasteiger partial charge in [-0.25, -0.2) is 4.99 Å². The molecule has 10 heteroatoms. The van der Waals surface area contributed by atoms with E-state index in [-0.39, 0.29) is 4.90 Å². The first-order valence-corrected chi connectivity index (χ1v) is 7.79. The lowest BCUT2D eigenvalue weighted by Gasteiger charge is -2.02. The van der Waals surface area contributed by atoms with E-state index in [4.69, 9.17) is 16.7 Å². The first-order chi connectivity index (χ1) is 9.39. The van der Waals surface area contributed by atoms with E-state index in [1.54, 1.807) is 12.4 Å². The van der Waals surface area contributed by atoms with Crippen molar-refractivity contribution in [2.75, 3.05) is 6.26 Å². The zero-order valence-electron chi connectivity index (χ0n) is 10.4. The molecule has 106 valence electrons. The number of hydrogen-bond acceptors (Lipinski definition) is 5. The molecule has 0 amide bonds. The molecule has 0 bridgehead atoms. The molecular weight excluding hydrogens is 300 g/mol. The van der Waals surface area contributed by atoms with Gasteiger partial charge in [0.05, 0.1) is 10.6 Å². The molecule has 0 radical (unpaired) electrons. The summed E-state index contributed by atoms with van der Waals surface area (Å²) < 4.78 is 26.5. The van der Waals surface area contributed by atoms with Crippen LogP contribution in [0.4, 0.5) is 5.69 Å². The number of sulfonamides is 1. The van der Waals surface area contributed by atoms with Gasteiger partial charge in [0, 0.05) is 0 Å². The fourth-order valence-electron chi connectivity index (χ4n) is 1.17. The predicted molar refractivity (Wildman–Crippen MR) is 78.8 cm³/mol. The van der Waals surface area contributed by atoms with Gasteiger partial charge in [-0.05, 0) is 30.5 Å². The average Bonchev–Trinajstić information content (AvgIpc) is 2.37. The number of thioether (sulfide) groups is 1. The summed E-state index contributed by atoms with van der Waals surface area (Å²) in [5.41, 5.74) is 10.6. The second-order valence-corrected chi connectivity index (χ2v) is 5.74. The third-order valence-corrected chi connectivity index (χ3v) is 3.85. The molecule has 1 rings (SSSR count). The van der Waals surface area contributed by atoms with Gasteiger partial charge in [-0.15, -0.1) is 4.40 Å². The number of amidine groups is 1. The fourth-order valence-corrected chi connectivity index (χ4v) is 2.38. The Balaban J connectivity index is 3.07. The summed E-state index contributed by atoms with van der Waals surface area (Å²) in [5, 5.41) is 11.3. The zero-order valence-corrected chi connectivity index (χ0v) is 12.1. The molecule has 0 spiro atoms. The van der Waals surface area contributed by atoms with E-state index in [0.29, 0.717) is 10.9 Å². The van der Waals surface area contributed by atoms with E-state index in [2.05, 4.69) is 14.7 Å². The molecule has 1 aromatic carbocycles. The predicted octanol–water partition coefficient (Wildman–Crippen LogP) is 0.0699. The summed E-state index contributed by atoms with van der Waals surface area (Å²) in [6.45, 7) is 0. The second kappa shape index (κ2) is 6.78. The van der Waals surface area contributed by atoms with Crippen molar-refractivity contribution in [3.63, 3.8) is 0 Å². The number of hydrogen-bond donors (Lipinski definition) is 3. The topological polar surface area (TPSA) is 147 Å². The van der Waals surface area contributed by atoms with Gasteiger partial charge in [0.25, 0.3) is 10.0 Å². The first-order valence-electron chi connectivity index (χ1n) is 5.13. The fraction of sp³-hybridized carbons (Fsp3) is 0.100. The van der Waals surface area contributed by atoms with E-state index < -0.39 is 16.0 Å². The van der Waals surface area contributed by atoms with E-state index >= 15 is 0 Å². The standard InChI is InChI=1S/C10H12N6O2S2/c1-19-10(14-6-11)15-7-2-4-8(5-3-7)20(17,18)16-9(12)13/h2-5H,1H3,(H,14,15)(H4,12,13,16). The summed E-state index contributed by atoms with van der Waals surface area (Å²) >= 11 is 1.25. The van der Waals surface area contributed by atoms with Gasteiger partial charge in [-0.3, -0.25) is 5.32 Å². The number of nitrogens with two attached hydrogens (primary N) is 2. The van der Waals surface area contributed by atoms with Crippen LogP contribution in [0.15, 0.2) is 38.6 Å². The summed E-state index contributed by atoms with van der Waals surface area (Å²) in [5.74, 6) is -0.532. The van der Waals surface area contributed by atoms with E-state index in [1.165, 1.54) is 36.0 Å². The largest absolute Gasteiger partial charge is 0.369 e. The van der Waals surface area contributed by atoms with Crippen molar-refractivity contribution < 1.29 is 8.42 Å². The maximum Gasteiger partial charge on any atom is 0.285 e. The lowest BCUT2D eigenvalue weighted by molar-refractivity contribution is 0.598. The van der Waals surface area contributed by atoms with Crippen LogP contribution < -0.4 is 16.8 Å². The van der Waals surface area contributed by atoms with Crippen LogP contribution in [-0.2, 0) is 10.0 Å². The number of nitrogens with zero attached hydrogens (tertiary/aromatic N) is 3. The molecule has 8 nitrogen and oxygen atoms in total. The Labute approximate surface area is 120 Å². The summed E-state index contributed by atoms with van der Waals surface area (Å²) in [6.07, 6.45) is 3.50. The molecule has 0 aliphatic heterocycles. The monoisotopic (exact) mass is 312 g/mol. The third kappa shape index (κ3) is 4.45. The van der Waals surface area contributed by atoms with Crippen LogP contribution in [0.2, 0.25) is 0 Å². The Morgan fingerprint density at radius 3 is 2.40 bits per heavy atom. The normalized spacial score (nSPS) is 11.5. The maximum atomic E-state index is 11.7. The van der Waals surface area contributed by atoms with E-state index in [9.17, 15) is 8.42 Å². The molecule has 0 aromatic heterocycles. The number of rotatable bonds is 3. The highest BCUT2D eigenvalue weighted by molar-refractivity contribution is 8.13. The minimum Gasteiger partial charge on any atom is -0.369 e. The van der Waals surface area contributed by atoms with Crippen LogP contribution in [0.5, 0.6) is 0 Å². The van der Waals surface area contributed by atoms with E-state index in [1.807, 2.05) is 0 Å². The number of nitriles is 1. The van der Waals surface area contributed by atoms with Crippen molar-refractivity contribution in [3.8, 4) is 6.19 Å². The third-order valence-electron chi connectivity index (χ3n) is 1.95. The smallest absolute Gasteiger partial charge is 0.285 e. The summed E-state index contributed by atoms with van der Waals surface area (Å²) in [6, 6.07) is 5.60. The van der Waals surface area contributed by atoms with Crippen molar-refractivity contribution in [1.29, 1.82) is 5.26 Å². The molecule has 0 aliphatic carbocycles. The van der Waals surface area contributed by atoms with Crippen molar-refractivity contribution in [3.05, 3.63) is 24.3 Å². The van der Waals surface area contributed by atoms with Gasteiger partial charge in [-0.1, -0.05) is 11.8 Å². The molecule has 5 N–H and O–H groups in total. The van der Waals surface area contributed by atoms with Gasteiger partial charge in [0.1, 0.15) is 0 Å². The molecule has 0 saturated heterocycles. The quantitative estimate of drug-likeness (QED) is 0.309. The molecule has 0 heterocycles. The number of benzene rings is 1. The molecule has 0 saturated carbocycles. The first kappa shape index (κ1) is 15.8. The number of aliphatic imine (C=N–C) groups is 1. The second-order valence-electron chi connectivity index (χ2n) is 3.34. The summed E-state index contributed by atoms with van der Waals surface area (Å²) in [4.78, 5) is 4.06. The Bertz CT molecular complexity index is 669. The van der Waals surface area contributed by atoms with Crippen molar-refractivity contribution in [1.82, 2.24) is 5.32 Å². The van der Waals surface area contributed by atoms with Gasteiger partial charge in [0.2, 0.25) is 5.96 Å². The Kier molecular flexibility index (Phi) is 5.36. The zero-order chi connectivity index (χ0) is 15.2. The maximum absolute atomic E-state index is 11.7. The highest BCUT2D eigenvalue weighted by Crippen LogP contribution is 2.19. The van der Waals surface area contributed by atoms with Crippen molar-refractivity contribution in [2.24, 2.45) is 20.9 Å². The van der Waals surface area contributed by atoms with Crippen LogP contribution in [0.3, 0.4) is 0 Å². The van der Waals surface area contributed by atoms with Crippen LogP contribution in [0.25, 0.3) is 0 Å². The number of guanidine groups is 1. The average molecular weight is 312 g/mol. The molecule has 0 unspecified atom stereocenters. The Morgan fingerprint density at radius 2 is 1.95 bits per heavy atom. The minimum absolute atomic E-state index is 0.0520. The molecule has 1 aromatic rings. The highest BCUT2D eigenvalue weighted by atomic mass is 32.2. The van der Waals surface area contributed by atoms with Gasteiger partial charge >= 0.3 is 0 Å². The molecule has 0 fully saturated rings. The Hall–Kier alpha value is -2.25. The van der Waals surface area contributed by atoms with Crippen molar-refractivity contribution in [2.45, 2.75) is 4.90 Å². The van der Waals surface area contributed by atoms with Gasteiger partial charge < -0.3 is 11.5 Å². The molecule has 20 heavy (non-hydrogen) atoms. The van der Waals surface area contributed by atoms with Crippen LogP contribution in [0, 0.1) is 11.5 Å². The lowest BCUT2D eigenvalue weighted by atomic mass is 10.3. The highest BCUT2D eigenvalue weighted by Gasteiger charge is 2.12. The minimum atomic E-state index is -3.90. The SMILES string of the molecule is CSC(=Nc1ccc(S(=O)(=O)N=C(N)N)cc1)NC#N. The molecule has 0 atom stereocenters. The molecular formula is C10H12N6O2S2. The van der Waals surface area contributed by atoms with Gasteiger partial charge in [0.15, 0.2) is 11.4 Å². The van der Waals surface area contributed by atoms with Gasteiger partial charge in [-0.2, -0.15) is 13.7 Å². The molecule has 0 aliphatic rings. The van der Waals surface area contributed by atoms with Crippen LogP contribution in [0.1, 0.15) is 0 Å². The van der Waals surface area contributed by atoms with E-state index in [0.717, 1.165) is 0 Å². The Morgan fingerprint density at radius 1 is 1.35 bits per heavy atom. The van der Waals surface area contributed by atoms with Crippen LogP contribution in [-0.4, -0.2) is 25.8 Å². The lowest BCUT2D eigenvalue weighted by Crippen LogP contribution is -2.24. The number of nitrogens with one attached hydrogen (secondary N) is 1.